The second-order valence-corrected chi connectivity index (χ2v) is 7.96. The van der Waals surface area contributed by atoms with Crippen molar-refractivity contribution in [2.45, 2.75) is 47.0 Å². The molecule has 0 spiro atoms. The van der Waals surface area contributed by atoms with E-state index in [1.165, 1.54) is 42.8 Å². The van der Waals surface area contributed by atoms with Crippen LogP contribution in [0.1, 0.15) is 47.0 Å². The van der Waals surface area contributed by atoms with E-state index in [0.717, 1.165) is 18.9 Å². The molecule has 4 aliphatic rings. The van der Waals surface area contributed by atoms with Crippen molar-refractivity contribution in [2.24, 2.45) is 21.8 Å². The van der Waals surface area contributed by atoms with Crippen LogP contribution in [0.25, 0.3) is 0 Å². The summed E-state index contributed by atoms with van der Waals surface area (Å²) in [6.45, 7) is 12.2. The van der Waals surface area contributed by atoms with Gasteiger partial charge in [0, 0.05) is 44.7 Å². The van der Waals surface area contributed by atoms with Crippen molar-refractivity contribution in [3.05, 3.63) is 48.0 Å². The molecule has 4 nitrogen and oxygen atoms in total. The highest BCUT2D eigenvalue weighted by Gasteiger charge is 2.21. The first-order chi connectivity index (χ1) is 12.5. The Morgan fingerprint density at radius 1 is 0.885 bits per heavy atom. The lowest BCUT2D eigenvalue weighted by molar-refractivity contribution is 0.378. The Kier molecular flexibility index (Phi) is 6.12. The third kappa shape index (κ3) is 4.54. The van der Waals surface area contributed by atoms with Crippen molar-refractivity contribution in [1.29, 1.82) is 0 Å². The molecular weight excluding hydrogens is 320 g/mol. The summed E-state index contributed by atoms with van der Waals surface area (Å²) < 4.78 is 0. The van der Waals surface area contributed by atoms with E-state index < -0.39 is 0 Å². The maximum Gasteiger partial charge on any atom is 0.132 e. The van der Waals surface area contributed by atoms with Crippen LogP contribution in [0.5, 0.6) is 0 Å². The Labute approximate surface area is 158 Å². The highest BCUT2D eigenvalue weighted by molar-refractivity contribution is 5.96. The standard InChI is InChI=1S/C11H18N2.C11H14N2/c2*1-9(2)10-7-12-11-5-3-4-6-13(11)8-10/h7,9H,3-6,8H2,1-2H3;3-7,9H,8H2,1-2H3. The second kappa shape index (κ2) is 8.52. The Hall–Kier alpha value is -2.10. The smallest absolute Gasteiger partial charge is 0.132 e. The molecule has 140 valence electrons. The quantitative estimate of drug-likeness (QED) is 0.718. The third-order valence-corrected chi connectivity index (χ3v) is 5.31. The van der Waals surface area contributed by atoms with E-state index in [4.69, 9.17) is 0 Å². The van der Waals surface area contributed by atoms with Gasteiger partial charge in [0.25, 0.3) is 0 Å². The van der Waals surface area contributed by atoms with Crippen molar-refractivity contribution in [3.63, 3.8) is 0 Å². The summed E-state index contributed by atoms with van der Waals surface area (Å²) in [6, 6.07) is 0. The van der Waals surface area contributed by atoms with Crippen molar-refractivity contribution in [1.82, 2.24) is 9.80 Å². The van der Waals surface area contributed by atoms with Gasteiger partial charge in [-0.05, 0) is 48.0 Å². The lowest BCUT2D eigenvalue weighted by atomic mass is 10.0. The molecule has 0 aliphatic carbocycles. The molecule has 0 atom stereocenters. The van der Waals surface area contributed by atoms with Gasteiger partial charge in [0.15, 0.2) is 0 Å². The number of nitrogens with zero attached hydrogens (tertiary/aromatic N) is 4. The fourth-order valence-corrected chi connectivity index (χ4v) is 3.38. The Morgan fingerprint density at radius 3 is 2.38 bits per heavy atom. The van der Waals surface area contributed by atoms with Crippen LogP contribution < -0.4 is 0 Å². The lowest BCUT2D eigenvalue weighted by Crippen LogP contribution is -2.39. The number of fused-ring (bicyclic) bond motifs is 2. The molecular formula is C22H32N4. The predicted octanol–water partition coefficient (Wildman–Crippen LogP) is 4.75. The average molecular weight is 353 g/mol. The predicted molar refractivity (Wildman–Crippen MR) is 111 cm³/mol. The first-order valence-corrected chi connectivity index (χ1v) is 9.93. The van der Waals surface area contributed by atoms with Crippen LogP contribution in [0.2, 0.25) is 0 Å². The zero-order valence-corrected chi connectivity index (χ0v) is 16.7. The van der Waals surface area contributed by atoms with Gasteiger partial charge in [-0.2, -0.15) is 0 Å². The van der Waals surface area contributed by atoms with Crippen molar-refractivity contribution in [2.75, 3.05) is 19.6 Å². The van der Waals surface area contributed by atoms with Gasteiger partial charge >= 0.3 is 0 Å². The summed E-state index contributed by atoms with van der Waals surface area (Å²) >= 11 is 0. The van der Waals surface area contributed by atoms with E-state index in [1.54, 1.807) is 0 Å². The average Bonchev–Trinajstić information content (AvgIpc) is 2.67. The molecule has 1 saturated heterocycles. The summed E-state index contributed by atoms with van der Waals surface area (Å²) in [4.78, 5) is 13.6. The van der Waals surface area contributed by atoms with E-state index in [0.29, 0.717) is 11.8 Å². The van der Waals surface area contributed by atoms with Crippen molar-refractivity contribution in [3.8, 4) is 0 Å². The molecule has 4 heterocycles. The molecule has 4 heteroatoms. The highest BCUT2D eigenvalue weighted by Crippen LogP contribution is 2.21. The van der Waals surface area contributed by atoms with Gasteiger partial charge in [-0.25, -0.2) is 9.98 Å². The molecule has 0 aromatic carbocycles. The van der Waals surface area contributed by atoms with E-state index in [2.05, 4.69) is 59.9 Å². The fourth-order valence-electron chi connectivity index (χ4n) is 3.38. The van der Waals surface area contributed by atoms with Crippen LogP contribution in [0.15, 0.2) is 58.0 Å². The topological polar surface area (TPSA) is 31.2 Å². The van der Waals surface area contributed by atoms with Crippen LogP contribution in [0, 0.1) is 11.8 Å². The van der Waals surface area contributed by atoms with E-state index >= 15 is 0 Å². The zero-order chi connectivity index (χ0) is 18.5. The molecule has 4 aliphatic heterocycles. The summed E-state index contributed by atoms with van der Waals surface area (Å²) in [5.74, 6) is 3.60. The number of hydrogen-bond acceptors (Lipinski definition) is 4. The Morgan fingerprint density at radius 2 is 1.62 bits per heavy atom. The molecule has 0 aromatic rings. The summed E-state index contributed by atoms with van der Waals surface area (Å²) in [5, 5.41) is 0. The lowest BCUT2D eigenvalue weighted by Gasteiger charge is -2.34. The summed E-state index contributed by atoms with van der Waals surface area (Å²) in [5.41, 5.74) is 2.87. The normalized spacial score (nSPS) is 21.3. The first kappa shape index (κ1) is 18.7. The number of allylic oxidation sites excluding steroid dienone is 2. The summed E-state index contributed by atoms with van der Waals surface area (Å²) in [7, 11) is 0. The number of aliphatic imine (C=N–C) groups is 2. The van der Waals surface area contributed by atoms with Gasteiger partial charge in [-0.3, -0.25) is 0 Å². The molecule has 26 heavy (non-hydrogen) atoms. The molecule has 0 unspecified atom stereocenters. The molecule has 0 radical (unpaired) electrons. The Balaban J connectivity index is 0.000000151. The number of hydrogen-bond donors (Lipinski definition) is 0. The van der Waals surface area contributed by atoms with Crippen LogP contribution in [0.4, 0.5) is 0 Å². The van der Waals surface area contributed by atoms with E-state index in [-0.39, 0.29) is 0 Å². The highest BCUT2D eigenvalue weighted by atomic mass is 15.2. The maximum absolute atomic E-state index is 4.53. The van der Waals surface area contributed by atoms with Gasteiger partial charge in [0.2, 0.25) is 0 Å². The van der Waals surface area contributed by atoms with Gasteiger partial charge < -0.3 is 9.80 Å². The second-order valence-electron chi connectivity index (χ2n) is 7.96. The summed E-state index contributed by atoms with van der Waals surface area (Å²) in [6.07, 6.45) is 16.1. The fraction of sp³-hybridized carbons (Fsp3) is 0.545. The number of piperidine rings is 1. The van der Waals surface area contributed by atoms with Crippen LogP contribution >= 0.6 is 0 Å². The van der Waals surface area contributed by atoms with Crippen molar-refractivity contribution >= 4 is 11.7 Å². The Bertz CT molecular complexity index is 689. The van der Waals surface area contributed by atoms with Crippen LogP contribution in [-0.2, 0) is 0 Å². The minimum absolute atomic E-state index is 0.588. The van der Waals surface area contributed by atoms with Gasteiger partial charge in [0.1, 0.15) is 11.7 Å². The van der Waals surface area contributed by atoms with E-state index in [1.807, 2.05) is 24.4 Å². The third-order valence-electron chi connectivity index (χ3n) is 5.31. The van der Waals surface area contributed by atoms with Gasteiger partial charge in [0.05, 0.1) is 0 Å². The van der Waals surface area contributed by atoms with E-state index in [9.17, 15) is 0 Å². The molecule has 4 rings (SSSR count). The van der Waals surface area contributed by atoms with Gasteiger partial charge in [-0.1, -0.05) is 33.8 Å². The number of amidine groups is 2. The molecule has 1 fully saturated rings. The zero-order valence-electron chi connectivity index (χ0n) is 16.7. The molecule has 0 N–H and O–H groups in total. The monoisotopic (exact) mass is 352 g/mol. The molecule has 0 aromatic heterocycles. The minimum Gasteiger partial charge on any atom is -0.356 e. The molecule has 0 amide bonds. The maximum atomic E-state index is 4.53. The SMILES string of the molecule is CC(C)C1=CN=C2C=CC=CN2C1.CC(C)C1=CN=C2CCCCN2C1. The molecule has 0 saturated carbocycles. The van der Waals surface area contributed by atoms with Crippen LogP contribution in [-0.4, -0.2) is 41.1 Å². The molecule has 0 bridgehead atoms. The van der Waals surface area contributed by atoms with Crippen LogP contribution in [0.3, 0.4) is 0 Å². The van der Waals surface area contributed by atoms with Gasteiger partial charge in [-0.15, -0.1) is 0 Å². The first-order valence-electron chi connectivity index (χ1n) is 9.93. The minimum atomic E-state index is 0.588. The largest absolute Gasteiger partial charge is 0.356 e. The van der Waals surface area contributed by atoms with Crippen molar-refractivity contribution < 1.29 is 0 Å². The number of rotatable bonds is 2.